The molecule has 2 aromatic rings. The highest BCUT2D eigenvalue weighted by Gasteiger charge is 2.07. The average Bonchev–Trinajstić information content (AvgIpc) is 2.67. The zero-order valence-electron chi connectivity index (χ0n) is 9.40. The van der Waals surface area contributed by atoms with E-state index in [9.17, 15) is 4.79 Å². The Labute approximate surface area is 108 Å². The number of amides is 1. The van der Waals surface area contributed by atoms with Gasteiger partial charge in [-0.1, -0.05) is 18.3 Å². The lowest BCUT2D eigenvalue weighted by molar-refractivity contribution is -0.113. The minimum Gasteiger partial charge on any atom is -0.399 e. The first-order valence-corrected chi connectivity index (χ1v) is 7.20. The van der Waals surface area contributed by atoms with Crippen molar-refractivity contribution in [1.29, 1.82) is 0 Å². The van der Waals surface area contributed by atoms with Gasteiger partial charge in [0.1, 0.15) is 0 Å². The predicted molar refractivity (Wildman–Crippen MR) is 75.7 cm³/mol. The van der Waals surface area contributed by atoms with Gasteiger partial charge in [0.25, 0.3) is 0 Å². The number of nitrogen functional groups attached to an aromatic ring is 1. The van der Waals surface area contributed by atoms with Crippen LogP contribution in [0.5, 0.6) is 0 Å². The molecule has 3 N–H and O–H groups in total. The molecule has 0 aliphatic heterocycles. The van der Waals surface area contributed by atoms with Gasteiger partial charge in [0.05, 0.1) is 16.0 Å². The van der Waals surface area contributed by atoms with Gasteiger partial charge in [0.2, 0.25) is 5.91 Å². The van der Waals surface area contributed by atoms with Crippen LogP contribution in [-0.4, -0.2) is 22.4 Å². The molecule has 0 saturated heterocycles. The summed E-state index contributed by atoms with van der Waals surface area (Å²) in [6, 6.07) is 5.53. The van der Waals surface area contributed by atoms with Crippen molar-refractivity contribution in [3.63, 3.8) is 0 Å². The first-order valence-electron chi connectivity index (χ1n) is 5.22. The van der Waals surface area contributed by atoms with Gasteiger partial charge in [-0.15, -0.1) is 0 Å². The van der Waals surface area contributed by atoms with Crippen LogP contribution in [0, 0.1) is 0 Å². The number of fused-ring (bicyclic) bond motifs is 1. The van der Waals surface area contributed by atoms with Crippen LogP contribution in [0.4, 0.5) is 10.8 Å². The molecule has 1 amide bonds. The Balaban J connectivity index is 2.11. The van der Waals surface area contributed by atoms with Crippen molar-refractivity contribution in [3.8, 4) is 0 Å². The van der Waals surface area contributed by atoms with Crippen LogP contribution in [0.25, 0.3) is 10.2 Å². The SMILES string of the molecule is CCSCC(=O)Nc1nc2ccc(N)cc2s1. The van der Waals surface area contributed by atoms with E-state index in [1.165, 1.54) is 11.3 Å². The van der Waals surface area contributed by atoms with Crippen LogP contribution >= 0.6 is 23.1 Å². The van der Waals surface area contributed by atoms with Crippen LogP contribution in [0.1, 0.15) is 6.92 Å². The molecule has 1 aromatic heterocycles. The van der Waals surface area contributed by atoms with Crippen molar-refractivity contribution in [2.75, 3.05) is 22.6 Å². The molecule has 1 heterocycles. The van der Waals surface area contributed by atoms with Gasteiger partial charge in [0, 0.05) is 5.69 Å². The highest BCUT2D eigenvalue weighted by Crippen LogP contribution is 2.27. The third kappa shape index (κ3) is 3.10. The topological polar surface area (TPSA) is 68.0 Å². The number of hydrogen-bond donors (Lipinski definition) is 2. The molecule has 1 aromatic carbocycles. The quantitative estimate of drug-likeness (QED) is 0.835. The summed E-state index contributed by atoms with van der Waals surface area (Å²) in [6.07, 6.45) is 0. The summed E-state index contributed by atoms with van der Waals surface area (Å²) in [5.74, 6) is 1.39. The van der Waals surface area contributed by atoms with Crippen molar-refractivity contribution < 1.29 is 4.79 Å². The fourth-order valence-electron chi connectivity index (χ4n) is 1.34. The summed E-state index contributed by atoms with van der Waals surface area (Å²) in [4.78, 5) is 15.8. The molecule has 6 heteroatoms. The fourth-order valence-corrected chi connectivity index (χ4v) is 2.74. The summed E-state index contributed by atoms with van der Waals surface area (Å²) < 4.78 is 0.989. The van der Waals surface area contributed by atoms with Gasteiger partial charge in [-0.25, -0.2) is 4.98 Å². The maximum absolute atomic E-state index is 11.5. The lowest BCUT2D eigenvalue weighted by Crippen LogP contribution is -2.13. The van der Waals surface area contributed by atoms with Crippen LogP contribution in [0.15, 0.2) is 18.2 Å². The van der Waals surface area contributed by atoms with E-state index >= 15 is 0 Å². The number of rotatable bonds is 4. The molecule has 0 aliphatic rings. The van der Waals surface area contributed by atoms with Gasteiger partial charge in [0.15, 0.2) is 5.13 Å². The lowest BCUT2D eigenvalue weighted by Gasteiger charge is -1.98. The molecule has 4 nitrogen and oxygen atoms in total. The maximum Gasteiger partial charge on any atom is 0.236 e. The van der Waals surface area contributed by atoms with E-state index in [4.69, 9.17) is 5.73 Å². The second kappa shape index (κ2) is 5.37. The number of nitrogens with zero attached hydrogens (tertiary/aromatic N) is 1. The van der Waals surface area contributed by atoms with Crippen molar-refractivity contribution >= 4 is 50.0 Å². The molecule has 0 bridgehead atoms. The van der Waals surface area contributed by atoms with Gasteiger partial charge in [-0.3, -0.25) is 4.79 Å². The minimum atomic E-state index is -0.0103. The molecular weight excluding hydrogens is 254 g/mol. The summed E-state index contributed by atoms with van der Waals surface area (Å²) >= 11 is 3.03. The van der Waals surface area contributed by atoms with E-state index in [-0.39, 0.29) is 5.91 Å². The third-order valence-corrected chi connectivity index (χ3v) is 3.90. The average molecular weight is 267 g/mol. The Morgan fingerprint density at radius 2 is 2.41 bits per heavy atom. The van der Waals surface area contributed by atoms with Crippen LogP contribution < -0.4 is 11.1 Å². The van der Waals surface area contributed by atoms with Gasteiger partial charge >= 0.3 is 0 Å². The van der Waals surface area contributed by atoms with Crippen molar-refractivity contribution in [1.82, 2.24) is 4.98 Å². The standard InChI is InChI=1S/C11H13N3OS2/c1-2-16-6-10(15)14-11-13-8-4-3-7(12)5-9(8)17-11/h3-5H,2,6,12H2,1H3,(H,13,14,15). The maximum atomic E-state index is 11.5. The molecule has 0 saturated carbocycles. The number of nitrogens with one attached hydrogen (secondary N) is 1. The Kier molecular flexibility index (Phi) is 3.86. The van der Waals surface area contributed by atoms with Crippen LogP contribution in [0.3, 0.4) is 0 Å². The summed E-state index contributed by atoms with van der Waals surface area (Å²) in [5.41, 5.74) is 7.26. The first kappa shape index (κ1) is 12.2. The molecule has 90 valence electrons. The number of hydrogen-bond acceptors (Lipinski definition) is 5. The molecule has 0 radical (unpaired) electrons. The summed E-state index contributed by atoms with van der Waals surface area (Å²) in [7, 11) is 0. The number of carbonyl (C=O) groups excluding carboxylic acids is 1. The zero-order valence-corrected chi connectivity index (χ0v) is 11.0. The third-order valence-electron chi connectivity index (χ3n) is 2.10. The van der Waals surface area contributed by atoms with E-state index in [1.807, 2.05) is 19.1 Å². The second-order valence-electron chi connectivity index (χ2n) is 3.43. The van der Waals surface area contributed by atoms with E-state index in [1.54, 1.807) is 17.8 Å². The van der Waals surface area contributed by atoms with Gasteiger partial charge in [-0.2, -0.15) is 11.8 Å². The van der Waals surface area contributed by atoms with Gasteiger partial charge < -0.3 is 11.1 Å². The Bertz CT molecular complexity index is 538. The van der Waals surface area contributed by atoms with E-state index in [0.717, 1.165) is 16.0 Å². The zero-order chi connectivity index (χ0) is 12.3. The van der Waals surface area contributed by atoms with Crippen molar-refractivity contribution in [2.24, 2.45) is 0 Å². The number of aromatic nitrogens is 1. The number of anilines is 2. The number of nitrogens with two attached hydrogens (primary N) is 1. The normalized spacial score (nSPS) is 10.6. The second-order valence-corrected chi connectivity index (χ2v) is 5.74. The number of thioether (sulfide) groups is 1. The number of carbonyl (C=O) groups is 1. The van der Waals surface area contributed by atoms with Crippen molar-refractivity contribution in [2.45, 2.75) is 6.92 Å². The van der Waals surface area contributed by atoms with E-state index < -0.39 is 0 Å². The molecule has 0 spiro atoms. The molecule has 0 unspecified atom stereocenters. The summed E-state index contributed by atoms with van der Waals surface area (Å²) in [5, 5.41) is 3.42. The number of benzene rings is 1. The Morgan fingerprint density at radius 3 is 3.18 bits per heavy atom. The lowest BCUT2D eigenvalue weighted by atomic mass is 10.3. The molecule has 17 heavy (non-hydrogen) atoms. The van der Waals surface area contributed by atoms with Crippen molar-refractivity contribution in [3.05, 3.63) is 18.2 Å². The largest absolute Gasteiger partial charge is 0.399 e. The Hall–Kier alpha value is -1.27. The highest BCUT2D eigenvalue weighted by molar-refractivity contribution is 7.99. The Morgan fingerprint density at radius 1 is 1.59 bits per heavy atom. The minimum absolute atomic E-state index is 0.0103. The monoisotopic (exact) mass is 267 g/mol. The molecule has 0 fully saturated rings. The molecule has 2 rings (SSSR count). The van der Waals surface area contributed by atoms with E-state index in [0.29, 0.717) is 16.6 Å². The highest BCUT2D eigenvalue weighted by atomic mass is 32.2. The molecular formula is C11H13N3OS2. The fraction of sp³-hybridized carbons (Fsp3) is 0.273. The molecule has 0 aliphatic carbocycles. The van der Waals surface area contributed by atoms with Gasteiger partial charge in [-0.05, 0) is 24.0 Å². The summed E-state index contributed by atoms with van der Waals surface area (Å²) in [6.45, 7) is 2.03. The van der Waals surface area contributed by atoms with Crippen LogP contribution in [0.2, 0.25) is 0 Å². The van der Waals surface area contributed by atoms with E-state index in [2.05, 4.69) is 10.3 Å². The smallest absolute Gasteiger partial charge is 0.236 e. The predicted octanol–water partition coefficient (Wildman–Crippen LogP) is 2.57. The number of thiazole rings is 1. The van der Waals surface area contributed by atoms with Crippen LogP contribution in [-0.2, 0) is 4.79 Å². The first-order chi connectivity index (χ1) is 8.19. The molecule has 0 atom stereocenters.